The van der Waals surface area contributed by atoms with Gasteiger partial charge in [-0.2, -0.15) is 0 Å². The van der Waals surface area contributed by atoms with Gasteiger partial charge in [-0.1, -0.05) is 0 Å². The van der Waals surface area contributed by atoms with E-state index in [1.165, 1.54) is 7.11 Å². The summed E-state index contributed by atoms with van der Waals surface area (Å²) in [6.07, 6.45) is 5.15. The highest BCUT2D eigenvalue weighted by Crippen LogP contribution is 2.30. The van der Waals surface area contributed by atoms with Crippen LogP contribution in [-0.4, -0.2) is 63.9 Å². The highest BCUT2D eigenvalue weighted by Gasteiger charge is 2.22. The Hall–Kier alpha value is -4.05. The zero-order valence-electron chi connectivity index (χ0n) is 19.3. The third-order valence-corrected chi connectivity index (χ3v) is 5.85. The van der Waals surface area contributed by atoms with E-state index in [0.717, 1.165) is 48.7 Å². The van der Waals surface area contributed by atoms with E-state index in [9.17, 15) is 4.79 Å². The standard InChI is InChI=1S/C24H25N7O3/c1-15-20(18-12-25-13-19-21(18)26-14-30(19)2)29-22(24(32)33-3)23(27-15)28-16-4-6-17(7-5-16)31-8-10-34-11-9-31/h4-7,12-14H,8-11H2,1-3H3,(H,27,28). The third kappa shape index (κ3) is 4.03. The molecule has 0 bridgehead atoms. The number of hydrogen-bond acceptors (Lipinski definition) is 9. The molecule has 1 N–H and O–H groups in total. The van der Waals surface area contributed by atoms with E-state index in [4.69, 9.17) is 9.47 Å². The summed E-state index contributed by atoms with van der Waals surface area (Å²) < 4.78 is 12.3. The Morgan fingerprint density at radius 1 is 1.12 bits per heavy atom. The Kier molecular flexibility index (Phi) is 5.81. The number of fused-ring (bicyclic) bond motifs is 1. The predicted molar refractivity (Wildman–Crippen MR) is 128 cm³/mol. The number of methoxy groups -OCH3 is 1. The van der Waals surface area contributed by atoms with Crippen LogP contribution in [0, 0.1) is 6.92 Å². The van der Waals surface area contributed by atoms with Gasteiger partial charge < -0.3 is 24.3 Å². The number of nitrogens with one attached hydrogen (secondary N) is 1. The molecule has 0 spiro atoms. The summed E-state index contributed by atoms with van der Waals surface area (Å²) >= 11 is 0. The molecule has 1 aliphatic heterocycles. The van der Waals surface area contributed by atoms with Gasteiger partial charge in [0.05, 0.1) is 49.8 Å². The molecule has 1 fully saturated rings. The number of benzene rings is 1. The van der Waals surface area contributed by atoms with Gasteiger partial charge in [0.25, 0.3) is 0 Å². The Balaban J connectivity index is 1.50. The molecule has 0 saturated carbocycles. The van der Waals surface area contributed by atoms with Gasteiger partial charge in [-0.15, -0.1) is 0 Å². The summed E-state index contributed by atoms with van der Waals surface area (Å²) in [5.74, 6) is -0.254. The first kappa shape index (κ1) is 21.8. The Bertz CT molecular complexity index is 1340. The fourth-order valence-electron chi connectivity index (χ4n) is 4.03. The van der Waals surface area contributed by atoms with Gasteiger partial charge in [-0.05, 0) is 31.2 Å². The topological polar surface area (TPSA) is 107 Å². The van der Waals surface area contributed by atoms with Crippen molar-refractivity contribution in [3.63, 3.8) is 0 Å². The first-order valence-electron chi connectivity index (χ1n) is 11.0. The van der Waals surface area contributed by atoms with E-state index >= 15 is 0 Å². The zero-order valence-corrected chi connectivity index (χ0v) is 19.3. The molecule has 10 nitrogen and oxygen atoms in total. The number of aryl methyl sites for hydroxylation is 2. The second-order valence-electron chi connectivity index (χ2n) is 8.03. The number of pyridine rings is 1. The molecular formula is C24H25N7O3. The van der Waals surface area contributed by atoms with Crippen LogP contribution in [0.5, 0.6) is 0 Å². The minimum Gasteiger partial charge on any atom is -0.464 e. The van der Waals surface area contributed by atoms with E-state index in [2.05, 4.69) is 30.2 Å². The van der Waals surface area contributed by atoms with Crippen LogP contribution in [0.1, 0.15) is 16.2 Å². The normalized spacial score (nSPS) is 13.8. The van der Waals surface area contributed by atoms with E-state index in [0.29, 0.717) is 22.8 Å². The van der Waals surface area contributed by atoms with E-state index in [-0.39, 0.29) is 5.69 Å². The lowest BCUT2D eigenvalue weighted by atomic mass is 10.1. The molecular weight excluding hydrogens is 434 g/mol. The van der Waals surface area contributed by atoms with Crippen molar-refractivity contribution < 1.29 is 14.3 Å². The van der Waals surface area contributed by atoms with E-state index < -0.39 is 5.97 Å². The maximum atomic E-state index is 12.6. The summed E-state index contributed by atoms with van der Waals surface area (Å²) in [5.41, 5.74) is 5.48. The monoisotopic (exact) mass is 459 g/mol. The van der Waals surface area contributed by atoms with Gasteiger partial charge in [0.2, 0.25) is 0 Å². The van der Waals surface area contributed by atoms with Crippen molar-refractivity contribution in [2.75, 3.05) is 43.6 Å². The molecule has 3 aromatic heterocycles. The first-order chi connectivity index (χ1) is 16.5. The minimum absolute atomic E-state index is 0.0910. The molecule has 1 aliphatic rings. The predicted octanol–water partition coefficient (Wildman–Crippen LogP) is 3.10. The summed E-state index contributed by atoms with van der Waals surface area (Å²) in [6.45, 7) is 5.03. The van der Waals surface area contributed by atoms with Crippen molar-refractivity contribution >= 4 is 34.2 Å². The number of anilines is 3. The van der Waals surface area contributed by atoms with Gasteiger partial charge in [-0.25, -0.2) is 19.7 Å². The maximum Gasteiger partial charge on any atom is 0.360 e. The van der Waals surface area contributed by atoms with Crippen molar-refractivity contribution in [2.24, 2.45) is 7.05 Å². The average Bonchev–Trinajstić information content (AvgIpc) is 3.26. The van der Waals surface area contributed by atoms with Crippen LogP contribution in [0.2, 0.25) is 0 Å². The number of imidazole rings is 1. The molecule has 0 unspecified atom stereocenters. The summed E-state index contributed by atoms with van der Waals surface area (Å²) in [4.78, 5) is 33.0. The molecule has 0 aliphatic carbocycles. The molecule has 1 aromatic carbocycles. The van der Waals surface area contributed by atoms with Gasteiger partial charge in [0.15, 0.2) is 11.5 Å². The van der Waals surface area contributed by atoms with Crippen LogP contribution in [0.4, 0.5) is 17.2 Å². The maximum absolute atomic E-state index is 12.6. The molecule has 1 saturated heterocycles. The van der Waals surface area contributed by atoms with Crippen molar-refractivity contribution in [2.45, 2.75) is 6.92 Å². The van der Waals surface area contributed by atoms with E-state index in [1.54, 1.807) is 18.7 Å². The summed E-state index contributed by atoms with van der Waals surface area (Å²) in [7, 11) is 3.22. The molecule has 4 aromatic rings. The molecule has 0 amide bonds. The van der Waals surface area contributed by atoms with Gasteiger partial charge in [-0.3, -0.25) is 4.98 Å². The molecule has 0 radical (unpaired) electrons. The molecule has 10 heteroatoms. The van der Waals surface area contributed by atoms with Crippen molar-refractivity contribution in [1.82, 2.24) is 24.5 Å². The quantitative estimate of drug-likeness (QED) is 0.451. The van der Waals surface area contributed by atoms with Gasteiger partial charge in [0.1, 0.15) is 5.52 Å². The highest BCUT2D eigenvalue weighted by molar-refractivity contribution is 5.96. The van der Waals surface area contributed by atoms with Crippen LogP contribution in [0.15, 0.2) is 43.0 Å². The lowest BCUT2D eigenvalue weighted by molar-refractivity contribution is 0.0595. The SMILES string of the molecule is COC(=O)c1nc(-c2cncc3c2ncn3C)c(C)nc1Nc1ccc(N2CCOCC2)cc1. The number of nitrogens with zero attached hydrogens (tertiary/aromatic N) is 6. The second kappa shape index (κ2) is 9.06. The number of carbonyl (C=O) groups is 1. The fraction of sp³-hybridized carbons (Fsp3) is 0.292. The first-order valence-corrected chi connectivity index (χ1v) is 11.0. The van der Waals surface area contributed by atoms with Crippen LogP contribution in [0.25, 0.3) is 22.3 Å². The number of esters is 1. The molecule has 0 atom stereocenters. The third-order valence-electron chi connectivity index (χ3n) is 5.85. The number of carbonyl (C=O) groups excluding carboxylic acids is 1. The summed E-state index contributed by atoms with van der Waals surface area (Å²) in [5, 5.41) is 3.23. The Labute approximate surface area is 196 Å². The van der Waals surface area contributed by atoms with Crippen molar-refractivity contribution in [3.05, 3.63) is 54.4 Å². The average molecular weight is 460 g/mol. The summed E-state index contributed by atoms with van der Waals surface area (Å²) in [6, 6.07) is 7.98. The van der Waals surface area contributed by atoms with Crippen molar-refractivity contribution in [3.8, 4) is 11.3 Å². The fourth-order valence-corrected chi connectivity index (χ4v) is 4.03. The lowest BCUT2D eigenvalue weighted by Gasteiger charge is -2.28. The number of ether oxygens (including phenoxy) is 2. The Morgan fingerprint density at radius 3 is 2.62 bits per heavy atom. The highest BCUT2D eigenvalue weighted by atomic mass is 16.5. The van der Waals surface area contributed by atoms with Gasteiger partial charge >= 0.3 is 5.97 Å². The minimum atomic E-state index is -0.581. The lowest BCUT2D eigenvalue weighted by Crippen LogP contribution is -2.36. The van der Waals surface area contributed by atoms with E-state index in [1.807, 2.05) is 42.8 Å². The number of aromatic nitrogens is 5. The molecule has 5 rings (SSSR count). The van der Waals surface area contributed by atoms with Crippen molar-refractivity contribution in [1.29, 1.82) is 0 Å². The van der Waals surface area contributed by atoms with Crippen LogP contribution in [0.3, 0.4) is 0 Å². The second-order valence-corrected chi connectivity index (χ2v) is 8.03. The number of rotatable bonds is 5. The Morgan fingerprint density at radius 2 is 1.88 bits per heavy atom. The zero-order chi connectivity index (χ0) is 23.7. The van der Waals surface area contributed by atoms with Crippen LogP contribution in [-0.2, 0) is 16.5 Å². The largest absolute Gasteiger partial charge is 0.464 e. The van der Waals surface area contributed by atoms with Crippen LogP contribution >= 0.6 is 0 Å². The number of morpholine rings is 1. The number of hydrogen-bond donors (Lipinski definition) is 1. The smallest absolute Gasteiger partial charge is 0.360 e. The van der Waals surface area contributed by atoms with Crippen LogP contribution < -0.4 is 10.2 Å². The molecule has 4 heterocycles. The molecule has 174 valence electrons. The molecule has 34 heavy (non-hydrogen) atoms. The van der Waals surface area contributed by atoms with Gasteiger partial charge in [0, 0.05) is 43.3 Å².